The summed E-state index contributed by atoms with van der Waals surface area (Å²) in [6, 6.07) is 2.11. The van der Waals surface area contributed by atoms with Crippen LogP contribution in [0.25, 0.3) is 11.2 Å². The summed E-state index contributed by atoms with van der Waals surface area (Å²) < 4.78 is 11.1. The Kier molecular flexibility index (Phi) is 5.76. The topological polar surface area (TPSA) is 80.3 Å². The molecule has 7 heteroatoms. The van der Waals surface area contributed by atoms with Gasteiger partial charge in [0.05, 0.1) is 5.52 Å². The molecule has 0 saturated carbocycles. The van der Waals surface area contributed by atoms with Crippen molar-refractivity contribution in [2.75, 3.05) is 26.3 Å². The first-order valence-corrected chi connectivity index (χ1v) is 10.8. The summed E-state index contributed by atoms with van der Waals surface area (Å²) in [6.07, 6.45) is 6.60. The number of carbonyl (C=O) groups excluding carboxylic acids is 1. The number of hydrogen-bond acceptors (Lipinski definition) is 5. The van der Waals surface area contributed by atoms with E-state index in [1.165, 1.54) is 5.56 Å². The van der Waals surface area contributed by atoms with E-state index in [-0.39, 0.29) is 6.09 Å². The summed E-state index contributed by atoms with van der Waals surface area (Å²) in [5, 5.41) is 0. The summed E-state index contributed by atoms with van der Waals surface area (Å²) in [7, 11) is 0. The molecule has 1 N–H and O–H groups in total. The average molecular weight is 401 g/mol. The third kappa shape index (κ3) is 4.71. The molecule has 2 fully saturated rings. The molecule has 2 aromatic heterocycles. The zero-order valence-corrected chi connectivity index (χ0v) is 17.7. The largest absolute Gasteiger partial charge is 0.444 e. The highest BCUT2D eigenvalue weighted by Crippen LogP contribution is 2.34. The van der Waals surface area contributed by atoms with Crippen LogP contribution in [0.5, 0.6) is 0 Å². The van der Waals surface area contributed by atoms with Crippen LogP contribution in [-0.4, -0.2) is 57.8 Å². The third-order valence-electron chi connectivity index (χ3n) is 5.87. The number of likely N-dealkylation sites (tertiary alicyclic amines) is 1. The van der Waals surface area contributed by atoms with E-state index in [4.69, 9.17) is 14.5 Å². The van der Waals surface area contributed by atoms with E-state index in [1.54, 1.807) is 0 Å². The molecule has 0 bridgehead atoms. The predicted molar refractivity (Wildman–Crippen MR) is 111 cm³/mol. The number of hydrogen-bond donors (Lipinski definition) is 1. The van der Waals surface area contributed by atoms with E-state index in [0.29, 0.717) is 18.4 Å². The van der Waals surface area contributed by atoms with Crippen molar-refractivity contribution in [3.05, 3.63) is 23.7 Å². The summed E-state index contributed by atoms with van der Waals surface area (Å²) in [6.45, 7) is 8.78. The van der Waals surface area contributed by atoms with E-state index in [1.807, 2.05) is 31.9 Å². The number of nitrogens with zero attached hydrogens (tertiary/aromatic N) is 3. The monoisotopic (exact) mass is 400 g/mol. The van der Waals surface area contributed by atoms with Gasteiger partial charge in [0.25, 0.3) is 0 Å². The van der Waals surface area contributed by atoms with Crippen LogP contribution in [0.1, 0.15) is 76.1 Å². The Bertz CT molecular complexity index is 851. The lowest BCUT2D eigenvalue weighted by Gasteiger charge is -2.26. The van der Waals surface area contributed by atoms with Crippen LogP contribution in [0.4, 0.5) is 4.79 Å². The minimum Gasteiger partial charge on any atom is -0.444 e. The first kappa shape index (κ1) is 20.1. The van der Waals surface area contributed by atoms with Crippen molar-refractivity contribution in [3.63, 3.8) is 0 Å². The fraction of sp³-hybridized carbons (Fsp3) is 0.682. The lowest BCUT2D eigenvalue weighted by Crippen LogP contribution is -2.37. The third-order valence-corrected chi connectivity index (χ3v) is 5.87. The smallest absolute Gasteiger partial charge is 0.410 e. The molecule has 0 unspecified atom stereocenters. The number of aromatic nitrogens is 3. The van der Waals surface area contributed by atoms with Crippen molar-refractivity contribution in [1.82, 2.24) is 19.9 Å². The Morgan fingerprint density at radius 2 is 1.97 bits per heavy atom. The number of H-pyrrole nitrogens is 1. The minimum absolute atomic E-state index is 0.207. The van der Waals surface area contributed by atoms with Crippen molar-refractivity contribution in [2.45, 2.75) is 70.3 Å². The quantitative estimate of drug-likeness (QED) is 0.810. The fourth-order valence-electron chi connectivity index (χ4n) is 4.37. The average Bonchev–Trinajstić information content (AvgIpc) is 2.97. The van der Waals surface area contributed by atoms with E-state index in [2.05, 4.69) is 16.0 Å². The Morgan fingerprint density at radius 1 is 1.17 bits per heavy atom. The molecule has 2 saturated heterocycles. The Morgan fingerprint density at radius 3 is 2.72 bits per heavy atom. The molecule has 0 spiro atoms. The van der Waals surface area contributed by atoms with Crippen molar-refractivity contribution < 1.29 is 14.3 Å². The molecule has 2 aromatic rings. The molecule has 2 aliphatic rings. The lowest BCUT2D eigenvalue weighted by atomic mass is 9.92. The number of rotatable bonds is 2. The minimum atomic E-state index is -0.462. The zero-order chi connectivity index (χ0) is 20.4. The molecule has 0 aromatic carbocycles. The van der Waals surface area contributed by atoms with Gasteiger partial charge in [0.2, 0.25) is 0 Å². The highest BCUT2D eigenvalue weighted by atomic mass is 16.6. The van der Waals surface area contributed by atoms with Gasteiger partial charge < -0.3 is 19.4 Å². The number of carbonyl (C=O) groups is 1. The van der Waals surface area contributed by atoms with Crippen LogP contribution in [0.3, 0.4) is 0 Å². The summed E-state index contributed by atoms with van der Waals surface area (Å²) in [4.78, 5) is 27.2. The predicted octanol–water partition coefficient (Wildman–Crippen LogP) is 4.36. The molecule has 158 valence electrons. The first-order chi connectivity index (χ1) is 13.9. The fourth-order valence-corrected chi connectivity index (χ4v) is 4.37. The van der Waals surface area contributed by atoms with Crippen LogP contribution in [-0.2, 0) is 9.47 Å². The van der Waals surface area contributed by atoms with Gasteiger partial charge in [-0.25, -0.2) is 14.8 Å². The molecule has 0 radical (unpaired) electrons. The molecular weight excluding hydrogens is 368 g/mol. The van der Waals surface area contributed by atoms with Crippen LogP contribution < -0.4 is 0 Å². The first-order valence-electron chi connectivity index (χ1n) is 10.8. The van der Waals surface area contributed by atoms with E-state index in [0.717, 1.165) is 68.9 Å². The Hall–Kier alpha value is -2.15. The van der Waals surface area contributed by atoms with Crippen molar-refractivity contribution in [1.29, 1.82) is 0 Å². The number of ether oxygens (including phenoxy) is 2. The van der Waals surface area contributed by atoms with Gasteiger partial charge in [0.1, 0.15) is 11.4 Å². The standard InChI is InChI=1S/C22H32N4O3/c1-22(2,3)29-21(27)26-11-4-5-15(7-12-26)17-6-10-23-20-18(17)24-19(25-20)16-8-13-28-14-9-16/h6,10,15-16H,4-5,7-9,11-14H2,1-3H3,(H,23,24,25)/t15-/m1/s1. The van der Waals surface area contributed by atoms with Crippen molar-refractivity contribution >= 4 is 17.3 Å². The summed E-state index contributed by atoms with van der Waals surface area (Å²) in [5.41, 5.74) is 2.67. The number of amides is 1. The lowest BCUT2D eigenvalue weighted by molar-refractivity contribution is 0.0256. The van der Waals surface area contributed by atoms with Crippen LogP contribution in [0.2, 0.25) is 0 Å². The zero-order valence-electron chi connectivity index (χ0n) is 17.7. The molecular formula is C22H32N4O3. The van der Waals surface area contributed by atoms with Gasteiger partial charge in [-0.15, -0.1) is 0 Å². The second-order valence-electron chi connectivity index (χ2n) is 9.20. The highest BCUT2D eigenvalue weighted by molar-refractivity contribution is 5.75. The van der Waals surface area contributed by atoms with Gasteiger partial charge in [-0.05, 0) is 70.4 Å². The number of nitrogens with one attached hydrogen (secondary N) is 1. The van der Waals surface area contributed by atoms with Gasteiger partial charge in [0.15, 0.2) is 5.65 Å². The highest BCUT2D eigenvalue weighted by Gasteiger charge is 2.27. The van der Waals surface area contributed by atoms with Crippen molar-refractivity contribution in [3.8, 4) is 0 Å². The number of pyridine rings is 1. The molecule has 7 nitrogen and oxygen atoms in total. The van der Waals surface area contributed by atoms with Gasteiger partial charge in [-0.2, -0.15) is 0 Å². The van der Waals surface area contributed by atoms with Gasteiger partial charge in [-0.1, -0.05) is 0 Å². The van der Waals surface area contributed by atoms with Gasteiger partial charge >= 0.3 is 6.09 Å². The van der Waals surface area contributed by atoms with E-state index >= 15 is 0 Å². The van der Waals surface area contributed by atoms with Crippen LogP contribution in [0, 0.1) is 0 Å². The summed E-state index contributed by atoms with van der Waals surface area (Å²) >= 11 is 0. The van der Waals surface area contributed by atoms with Crippen LogP contribution in [0.15, 0.2) is 12.3 Å². The van der Waals surface area contributed by atoms with Crippen molar-refractivity contribution in [2.24, 2.45) is 0 Å². The Balaban J connectivity index is 1.51. The molecule has 0 aliphatic carbocycles. The maximum atomic E-state index is 12.5. The molecule has 2 aliphatic heterocycles. The number of aromatic amines is 1. The second-order valence-corrected chi connectivity index (χ2v) is 9.20. The van der Waals surface area contributed by atoms with E-state index in [9.17, 15) is 4.79 Å². The second kappa shape index (κ2) is 8.30. The van der Waals surface area contributed by atoms with Gasteiger partial charge in [-0.3, -0.25) is 0 Å². The molecule has 29 heavy (non-hydrogen) atoms. The van der Waals surface area contributed by atoms with Crippen LogP contribution >= 0.6 is 0 Å². The molecule has 4 rings (SSSR count). The maximum Gasteiger partial charge on any atom is 0.410 e. The van der Waals surface area contributed by atoms with Gasteiger partial charge in [0, 0.05) is 38.4 Å². The normalized spacial score (nSPS) is 21.9. The maximum absolute atomic E-state index is 12.5. The SMILES string of the molecule is CC(C)(C)OC(=O)N1CCC[C@@H](c2ccnc3nc(C4CCOCC4)[nH]c23)CC1. The molecule has 1 amide bonds. The number of fused-ring (bicyclic) bond motifs is 1. The Labute approximate surface area is 172 Å². The molecule has 4 heterocycles. The number of imidazole rings is 1. The summed E-state index contributed by atoms with van der Waals surface area (Å²) in [5.74, 6) is 1.84. The van der Waals surface area contributed by atoms with E-state index < -0.39 is 5.60 Å². The molecule has 1 atom stereocenters.